The minimum absolute atomic E-state index is 0.131. The number of hydrogen-bond acceptors (Lipinski definition) is 7. The van der Waals surface area contributed by atoms with Gasteiger partial charge in [-0.1, -0.05) is 31.1 Å². The number of para-hydroxylation sites is 2. The van der Waals surface area contributed by atoms with Crippen molar-refractivity contribution >= 4 is 45.6 Å². The third kappa shape index (κ3) is 3.56. The number of aromatic nitrogens is 1. The third-order valence-corrected chi connectivity index (χ3v) is 6.16. The highest BCUT2D eigenvalue weighted by Gasteiger charge is 2.52. The van der Waals surface area contributed by atoms with Gasteiger partial charge in [-0.3, -0.25) is 14.5 Å². The van der Waals surface area contributed by atoms with Crippen molar-refractivity contribution in [2.24, 2.45) is 0 Å². The molecule has 1 aromatic carbocycles. The summed E-state index contributed by atoms with van der Waals surface area (Å²) < 4.78 is 5.25. The van der Waals surface area contributed by atoms with Crippen molar-refractivity contribution in [3.05, 3.63) is 48.0 Å². The lowest BCUT2D eigenvalue weighted by molar-refractivity contribution is -0.129. The number of anilines is 3. The zero-order valence-corrected chi connectivity index (χ0v) is 17.2. The quantitative estimate of drug-likeness (QED) is 0.543. The van der Waals surface area contributed by atoms with Crippen LogP contribution in [-0.2, 0) is 14.3 Å². The first kappa shape index (κ1) is 20.1. The molecule has 156 valence electrons. The molecular formula is C21H22N4O4S. The minimum Gasteiger partial charge on any atom is -0.451 e. The van der Waals surface area contributed by atoms with E-state index in [1.165, 1.54) is 16.2 Å². The average Bonchev–Trinajstić information content (AvgIpc) is 3.42. The molecule has 0 saturated heterocycles. The fourth-order valence-electron chi connectivity index (χ4n) is 4.00. The number of hydrogen-bond donors (Lipinski definition) is 2. The Morgan fingerprint density at radius 3 is 2.87 bits per heavy atom. The van der Waals surface area contributed by atoms with E-state index in [4.69, 9.17) is 4.74 Å². The standard InChI is InChI=1S/C21H22N4O4S/c1-2-11-22-20-24-15(13-30-20)18(27)29-12-17(26)25-16-8-4-3-7-14(16)23-19(28)21(25)9-5-6-10-21/h2-4,7-8,13H,1,5-6,9-12H2,(H,22,24)(H,23,28). The predicted octanol–water partition coefficient (Wildman–Crippen LogP) is 3.20. The van der Waals surface area contributed by atoms with Crippen molar-refractivity contribution in [1.82, 2.24) is 4.98 Å². The average molecular weight is 426 g/mol. The Morgan fingerprint density at radius 2 is 2.10 bits per heavy atom. The van der Waals surface area contributed by atoms with Crippen LogP contribution in [-0.4, -0.2) is 41.5 Å². The molecule has 0 bridgehead atoms. The molecular weight excluding hydrogens is 404 g/mol. The van der Waals surface area contributed by atoms with Crippen LogP contribution in [0.4, 0.5) is 16.5 Å². The van der Waals surface area contributed by atoms with Crippen LogP contribution in [0.2, 0.25) is 0 Å². The maximum absolute atomic E-state index is 13.2. The molecule has 0 unspecified atom stereocenters. The van der Waals surface area contributed by atoms with Crippen LogP contribution in [0.3, 0.4) is 0 Å². The number of carbonyl (C=O) groups is 3. The van der Waals surface area contributed by atoms with Crippen molar-refractivity contribution < 1.29 is 19.1 Å². The number of amides is 2. The molecule has 2 N–H and O–H groups in total. The van der Waals surface area contributed by atoms with Crippen molar-refractivity contribution in [3.63, 3.8) is 0 Å². The summed E-state index contributed by atoms with van der Waals surface area (Å²) in [4.78, 5) is 44.1. The first-order valence-corrected chi connectivity index (χ1v) is 10.6. The molecule has 1 aliphatic carbocycles. The molecule has 30 heavy (non-hydrogen) atoms. The number of nitrogens with zero attached hydrogens (tertiary/aromatic N) is 2. The van der Waals surface area contributed by atoms with E-state index in [9.17, 15) is 14.4 Å². The molecule has 8 nitrogen and oxygen atoms in total. The zero-order valence-electron chi connectivity index (χ0n) is 16.3. The van der Waals surface area contributed by atoms with Gasteiger partial charge < -0.3 is 15.4 Å². The Balaban J connectivity index is 1.51. The number of carbonyl (C=O) groups excluding carboxylic acids is 3. The zero-order chi connectivity index (χ0) is 21.1. The van der Waals surface area contributed by atoms with Crippen LogP contribution in [0.1, 0.15) is 36.2 Å². The van der Waals surface area contributed by atoms with Crippen LogP contribution in [0.15, 0.2) is 42.3 Å². The first-order valence-electron chi connectivity index (χ1n) is 9.76. The smallest absolute Gasteiger partial charge is 0.358 e. The van der Waals surface area contributed by atoms with Gasteiger partial charge in [0.1, 0.15) is 5.54 Å². The number of ether oxygens (including phenoxy) is 1. The summed E-state index contributed by atoms with van der Waals surface area (Å²) in [7, 11) is 0. The van der Waals surface area contributed by atoms with Crippen LogP contribution in [0.5, 0.6) is 0 Å². The van der Waals surface area contributed by atoms with Crippen LogP contribution in [0, 0.1) is 0 Å². The Hall–Kier alpha value is -3.20. The summed E-state index contributed by atoms with van der Waals surface area (Å²) >= 11 is 1.27. The molecule has 2 aliphatic rings. The van der Waals surface area contributed by atoms with Gasteiger partial charge in [0.15, 0.2) is 17.4 Å². The van der Waals surface area contributed by atoms with Crippen molar-refractivity contribution in [1.29, 1.82) is 0 Å². The molecule has 1 aromatic heterocycles. The lowest BCUT2D eigenvalue weighted by atomic mass is 9.90. The highest BCUT2D eigenvalue weighted by Crippen LogP contribution is 2.45. The maximum Gasteiger partial charge on any atom is 0.358 e. The van der Waals surface area contributed by atoms with Gasteiger partial charge in [0.05, 0.1) is 11.4 Å². The van der Waals surface area contributed by atoms with Crippen LogP contribution < -0.4 is 15.5 Å². The molecule has 2 aromatic rings. The molecule has 1 saturated carbocycles. The molecule has 9 heteroatoms. The summed E-state index contributed by atoms with van der Waals surface area (Å²) in [5.41, 5.74) is 0.411. The number of rotatable bonds is 6. The highest BCUT2D eigenvalue weighted by atomic mass is 32.1. The van der Waals surface area contributed by atoms with E-state index in [0.29, 0.717) is 35.9 Å². The van der Waals surface area contributed by atoms with Gasteiger partial charge in [-0.25, -0.2) is 9.78 Å². The second kappa shape index (κ2) is 8.27. The van der Waals surface area contributed by atoms with E-state index in [2.05, 4.69) is 22.2 Å². The number of thiazole rings is 1. The van der Waals surface area contributed by atoms with E-state index in [1.807, 2.05) is 6.07 Å². The first-order chi connectivity index (χ1) is 14.5. The van der Waals surface area contributed by atoms with E-state index in [0.717, 1.165) is 12.8 Å². The number of esters is 1. The maximum atomic E-state index is 13.2. The summed E-state index contributed by atoms with van der Waals surface area (Å²) in [6.07, 6.45) is 4.56. The van der Waals surface area contributed by atoms with Gasteiger partial charge in [0.25, 0.3) is 11.8 Å². The molecule has 1 aliphatic heterocycles. The molecule has 2 amide bonds. The Labute approximate surface area is 177 Å². The molecule has 1 spiro atoms. The van der Waals surface area contributed by atoms with Crippen molar-refractivity contribution in [2.45, 2.75) is 31.2 Å². The molecule has 1 fully saturated rings. The normalized spacial score (nSPS) is 16.7. The monoisotopic (exact) mass is 426 g/mol. The Kier molecular flexibility index (Phi) is 5.54. The second-order valence-electron chi connectivity index (χ2n) is 7.22. The lowest BCUT2D eigenvalue weighted by Crippen LogP contribution is -2.61. The molecule has 0 radical (unpaired) electrons. The van der Waals surface area contributed by atoms with Crippen LogP contribution in [0.25, 0.3) is 0 Å². The van der Waals surface area contributed by atoms with Crippen LogP contribution >= 0.6 is 11.3 Å². The van der Waals surface area contributed by atoms with Gasteiger partial charge in [0, 0.05) is 11.9 Å². The van der Waals surface area contributed by atoms with Gasteiger partial charge >= 0.3 is 5.97 Å². The number of benzene rings is 1. The Morgan fingerprint density at radius 1 is 1.33 bits per heavy atom. The number of fused-ring (bicyclic) bond motifs is 1. The summed E-state index contributed by atoms with van der Waals surface area (Å²) in [6, 6.07) is 7.17. The topological polar surface area (TPSA) is 101 Å². The fourth-order valence-corrected chi connectivity index (χ4v) is 4.69. The van der Waals surface area contributed by atoms with E-state index in [1.54, 1.807) is 29.7 Å². The largest absolute Gasteiger partial charge is 0.451 e. The number of nitrogens with one attached hydrogen (secondary N) is 2. The minimum atomic E-state index is -0.930. The van der Waals surface area contributed by atoms with Gasteiger partial charge in [-0.2, -0.15) is 0 Å². The fraction of sp³-hybridized carbons (Fsp3) is 0.333. The molecule has 0 atom stereocenters. The van der Waals surface area contributed by atoms with Gasteiger partial charge in [-0.15, -0.1) is 17.9 Å². The van der Waals surface area contributed by atoms with E-state index < -0.39 is 24.0 Å². The van der Waals surface area contributed by atoms with E-state index in [-0.39, 0.29) is 11.6 Å². The Bertz CT molecular complexity index is 996. The molecule has 2 heterocycles. The van der Waals surface area contributed by atoms with Gasteiger partial charge in [0.2, 0.25) is 0 Å². The summed E-state index contributed by atoms with van der Waals surface area (Å²) in [6.45, 7) is 3.68. The summed E-state index contributed by atoms with van der Waals surface area (Å²) in [5.74, 6) is -1.29. The molecule has 4 rings (SSSR count). The predicted molar refractivity (Wildman–Crippen MR) is 115 cm³/mol. The van der Waals surface area contributed by atoms with Crippen molar-refractivity contribution in [2.75, 3.05) is 28.7 Å². The third-order valence-electron chi connectivity index (χ3n) is 5.36. The van der Waals surface area contributed by atoms with E-state index >= 15 is 0 Å². The summed E-state index contributed by atoms with van der Waals surface area (Å²) in [5, 5.41) is 8.06. The second-order valence-corrected chi connectivity index (χ2v) is 8.08. The highest BCUT2D eigenvalue weighted by molar-refractivity contribution is 7.13. The van der Waals surface area contributed by atoms with Crippen molar-refractivity contribution in [3.8, 4) is 0 Å². The lowest BCUT2D eigenvalue weighted by Gasteiger charge is -2.44. The SMILES string of the molecule is C=CCNc1nc(C(=O)OCC(=O)N2c3ccccc3NC(=O)C23CCCC3)cs1. The van der Waals surface area contributed by atoms with Gasteiger partial charge in [-0.05, 0) is 25.0 Å².